The third-order valence-corrected chi connectivity index (χ3v) is 9.10. The normalized spacial score (nSPS) is 17.0. The van der Waals surface area contributed by atoms with Gasteiger partial charge in [0.1, 0.15) is 5.71 Å². The van der Waals surface area contributed by atoms with E-state index in [1.165, 1.54) is 18.3 Å². The van der Waals surface area contributed by atoms with E-state index in [9.17, 15) is 14.4 Å². The second kappa shape index (κ2) is 11.9. The number of allylic oxidation sites excluding steroid dienone is 4. The van der Waals surface area contributed by atoms with E-state index in [1.807, 2.05) is 66.9 Å². The van der Waals surface area contributed by atoms with E-state index < -0.39 is 5.97 Å². The van der Waals surface area contributed by atoms with Gasteiger partial charge in [-0.15, -0.1) is 11.3 Å². The molecule has 5 nitrogen and oxygen atoms in total. The molecule has 0 amide bonds. The number of hydrogen-bond donors (Lipinski definition) is 0. The van der Waals surface area contributed by atoms with Crippen molar-refractivity contribution in [1.82, 2.24) is 0 Å². The molecule has 1 unspecified atom stereocenters. The minimum absolute atomic E-state index is 0.0350. The van der Waals surface area contributed by atoms with Crippen molar-refractivity contribution in [2.45, 2.75) is 65.2 Å². The Morgan fingerprint density at radius 1 is 0.976 bits per heavy atom. The molecule has 0 saturated carbocycles. The number of ketones is 2. The molecule has 0 spiro atoms. The highest BCUT2D eigenvalue weighted by Gasteiger charge is 2.43. The van der Waals surface area contributed by atoms with Crippen LogP contribution in [0.3, 0.4) is 0 Å². The van der Waals surface area contributed by atoms with E-state index >= 15 is 0 Å². The van der Waals surface area contributed by atoms with Crippen LogP contribution in [-0.2, 0) is 15.0 Å². The topological polar surface area (TPSA) is 72.8 Å². The lowest BCUT2D eigenvalue weighted by Crippen LogP contribution is -2.28. The lowest BCUT2D eigenvalue weighted by Gasteiger charge is -2.32. The van der Waals surface area contributed by atoms with Gasteiger partial charge in [0.2, 0.25) is 11.6 Å². The fourth-order valence-corrected chi connectivity index (χ4v) is 7.12. The molecule has 5 rings (SSSR count). The number of hydrogen-bond acceptors (Lipinski definition) is 6. The lowest BCUT2D eigenvalue weighted by molar-refractivity contribution is -0.140. The highest BCUT2D eigenvalue weighted by Crippen LogP contribution is 2.54. The quantitative estimate of drug-likeness (QED) is 0.107. The molecule has 1 aromatic heterocycles. The second-order valence-electron chi connectivity index (χ2n) is 10.9. The van der Waals surface area contributed by atoms with Crippen LogP contribution in [0.1, 0.15) is 96.5 Å². The molecule has 41 heavy (non-hydrogen) atoms. The van der Waals surface area contributed by atoms with Crippen LogP contribution in [0.15, 0.2) is 82.9 Å². The number of fused-ring (bicyclic) bond motifs is 3. The van der Waals surface area contributed by atoms with Gasteiger partial charge in [-0.25, -0.2) is 4.79 Å². The number of Topliss-reactive ketones (excluding diaryl/α,β-unsaturated/α-hetero) is 1. The van der Waals surface area contributed by atoms with Gasteiger partial charge < -0.3 is 4.84 Å². The Bertz CT molecular complexity index is 1590. The predicted molar refractivity (Wildman–Crippen MR) is 165 cm³/mol. The van der Waals surface area contributed by atoms with E-state index in [0.29, 0.717) is 17.5 Å². The third kappa shape index (κ3) is 5.29. The summed E-state index contributed by atoms with van der Waals surface area (Å²) in [6.07, 6.45) is 10.3. The van der Waals surface area contributed by atoms with Crippen molar-refractivity contribution < 1.29 is 19.2 Å². The smallest absolute Gasteiger partial charge is 0.318 e. The van der Waals surface area contributed by atoms with Gasteiger partial charge in [-0.1, -0.05) is 86.0 Å². The summed E-state index contributed by atoms with van der Waals surface area (Å²) in [5.41, 5.74) is 6.62. The van der Waals surface area contributed by atoms with E-state index in [2.05, 4.69) is 31.1 Å². The fraction of sp³-hybridized carbons (Fsp3) is 0.314. The Morgan fingerprint density at radius 2 is 1.63 bits per heavy atom. The summed E-state index contributed by atoms with van der Waals surface area (Å²) >= 11 is 1.45. The summed E-state index contributed by atoms with van der Waals surface area (Å²) < 4.78 is 0. The van der Waals surface area contributed by atoms with Crippen molar-refractivity contribution in [2.24, 2.45) is 11.1 Å². The molecule has 1 heterocycles. The lowest BCUT2D eigenvalue weighted by atomic mass is 9.71. The van der Waals surface area contributed by atoms with Crippen molar-refractivity contribution in [2.75, 3.05) is 0 Å². The van der Waals surface area contributed by atoms with Crippen LogP contribution < -0.4 is 0 Å². The van der Waals surface area contributed by atoms with Crippen molar-refractivity contribution in [1.29, 1.82) is 0 Å². The summed E-state index contributed by atoms with van der Waals surface area (Å²) in [6.45, 7) is 7.61. The number of carbonyl (C=O) groups excluding carboxylic acids is 3. The average Bonchev–Trinajstić information content (AvgIpc) is 3.60. The number of carbonyl (C=O) groups is 3. The van der Waals surface area contributed by atoms with Crippen LogP contribution in [0.4, 0.5) is 0 Å². The number of oxime groups is 1. The molecule has 0 fully saturated rings. The first-order chi connectivity index (χ1) is 19.8. The molecule has 1 atom stereocenters. The highest BCUT2D eigenvalue weighted by atomic mass is 32.1. The Balaban J connectivity index is 1.62. The van der Waals surface area contributed by atoms with Crippen molar-refractivity contribution in [3.8, 4) is 11.1 Å². The van der Waals surface area contributed by atoms with Crippen LogP contribution in [-0.4, -0.2) is 23.2 Å². The summed E-state index contributed by atoms with van der Waals surface area (Å²) in [5, 5.41) is 6.00. The number of thiophene rings is 1. The molecule has 0 aliphatic heterocycles. The first-order valence-corrected chi connectivity index (χ1v) is 15.2. The van der Waals surface area contributed by atoms with Crippen LogP contribution in [0.2, 0.25) is 0 Å². The number of rotatable bonds is 10. The zero-order valence-corrected chi connectivity index (χ0v) is 24.8. The molecule has 2 aliphatic rings. The zero-order valence-electron chi connectivity index (χ0n) is 24.0. The van der Waals surface area contributed by atoms with E-state index in [1.54, 1.807) is 0 Å². The summed E-state index contributed by atoms with van der Waals surface area (Å²) in [6, 6.07) is 15.7. The molecule has 6 heteroatoms. The Kier molecular flexibility index (Phi) is 8.32. The van der Waals surface area contributed by atoms with Crippen molar-refractivity contribution >= 4 is 34.6 Å². The second-order valence-corrected chi connectivity index (χ2v) is 11.9. The Hall–Kier alpha value is -3.90. The minimum Gasteiger partial charge on any atom is -0.318 e. The minimum atomic E-state index is -0.564. The first kappa shape index (κ1) is 28.6. The summed E-state index contributed by atoms with van der Waals surface area (Å²) in [7, 11) is 0. The van der Waals surface area contributed by atoms with Gasteiger partial charge in [-0.3, -0.25) is 9.59 Å². The largest absolute Gasteiger partial charge is 0.331 e. The van der Waals surface area contributed by atoms with Gasteiger partial charge in [0.05, 0.1) is 4.88 Å². The SMILES string of the molecule is CCCC1(CCC)c2cc(C(=O)/C(=N/OC(C)=O)C3CC=CC=C3C)ccc2-c2ccc(C(=O)c3cccs3)cc21. The molecular formula is C35H35NO4S. The molecule has 2 aliphatic carbocycles. The summed E-state index contributed by atoms with van der Waals surface area (Å²) in [4.78, 5) is 44.8. The van der Waals surface area contributed by atoms with Gasteiger partial charge in [-0.05, 0) is 72.0 Å². The van der Waals surface area contributed by atoms with E-state index in [-0.39, 0.29) is 28.6 Å². The molecular weight excluding hydrogens is 530 g/mol. The Labute approximate surface area is 245 Å². The van der Waals surface area contributed by atoms with E-state index in [4.69, 9.17) is 4.84 Å². The van der Waals surface area contributed by atoms with Crippen LogP contribution in [0, 0.1) is 5.92 Å². The summed E-state index contributed by atoms with van der Waals surface area (Å²) in [5.74, 6) is -1.04. The first-order valence-electron chi connectivity index (χ1n) is 14.3. The van der Waals surface area contributed by atoms with Gasteiger partial charge in [0.25, 0.3) is 0 Å². The van der Waals surface area contributed by atoms with Crippen molar-refractivity contribution in [3.63, 3.8) is 0 Å². The van der Waals surface area contributed by atoms with Crippen LogP contribution in [0.5, 0.6) is 0 Å². The van der Waals surface area contributed by atoms with Gasteiger partial charge in [0, 0.05) is 29.4 Å². The molecule has 3 aromatic rings. The van der Waals surface area contributed by atoms with Gasteiger partial charge in [-0.2, -0.15) is 0 Å². The Morgan fingerprint density at radius 3 is 2.22 bits per heavy atom. The molecule has 0 bridgehead atoms. The third-order valence-electron chi connectivity index (χ3n) is 8.24. The maximum absolute atomic E-state index is 14.1. The van der Waals surface area contributed by atoms with Crippen LogP contribution in [0.25, 0.3) is 11.1 Å². The number of nitrogens with zero attached hydrogens (tertiary/aromatic N) is 1. The number of benzene rings is 2. The van der Waals surface area contributed by atoms with Crippen molar-refractivity contribution in [3.05, 3.63) is 105 Å². The average molecular weight is 566 g/mol. The fourth-order valence-electron chi connectivity index (χ4n) is 6.43. The van der Waals surface area contributed by atoms with Gasteiger partial charge in [0.15, 0.2) is 0 Å². The zero-order chi connectivity index (χ0) is 29.1. The maximum Gasteiger partial charge on any atom is 0.331 e. The van der Waals surface area contributed by atoms with E-state index in [0.717, 1.165) is 58.4 Å². The molecule has 0 radical (unpaired) electrons. The monoisotopic (exact) mass is 565 g/mol. The predicted octanol–water partition coefficient (Wildman–Crippen LogP) is 8.47. The standard InChI is InChI=1S/C35H35NO4S/c1-5-17-35(18-6-2)29-20-24(33(38)31-12-9-19-41-31)13-15-27(29)28-16-14-25(21-30(28)35)34(39)32(36-40-23(4)37)26-11-8-7-10-22(26)3/h7-10,12-16,19-21,26H,5-6,11,17-18H2,1-4H3/b36-32+. The van der Waals surface area contributed by atoms with Crippen LogP contribution >= 0.6 is 11.3 Å². The molecule has 0 saturated heterocycles. The highest BCUT2D eigenvalue weighted by molar-refractivity contribution is 7.12. The molecule has 0 N–H and O–H groups in total. The molecule has 210 valence electrons. The molecule has 2 aromatic carbocycles. The van der Waals surface area contributed by atoms with Gasteiger partial charge >= 0.3 is 5.97 Å². The maximum atomic E-state index is 14.1.